The Hall–Kier alpha value is -2.70. The van der Waals surface area contributed by atoms with Crippen molar-refractivity contribution in [3.8, 4) is 0 Å². The van der Waals surface area contributed by atoms with Crippen molar-refractivity contribution in [2.75, 3.05) is 13.7 Å². The summed E-state index contributed by atoms with van der Waals surface area (Å²) in [6.07, 6.45) is 2.68. The van der Waals surface area contributed by atoms with Crippen LogP contribution in [0.25, 0.3) is 10.8 Å². The van der Waals surface area contributed by atoms with Crippen LogP contribution in [-0.2, 0) is 9.53 Å². The normalized spacial score (nSPS) is 10.5. The Morgan fingerprint density at radius 1 is 1.17 bits per heavy atom. The van der Waals surface area contributed by atoms with E-state index >= 15 is 0 Å². The summed E-state index contributed by atoms with van der Waals surface area (Å²) in [5.74, 6) is -0.552. The zero-order valence-electron chi connectivity index (χ0n) is 12.9. The van der Waals surface area contributed by atoms with E-state index in [1.54, 1.807) is 24.3 Å². The second-order valence-corrected chi connectivity index (χ2v) is 5.09. The van der Waals surface area contributed by atoms with Gasteiger partial charge in [-0.25, -0.2) is 5.10 Å². The molecular formula is C16H19N3O4. The Balaban J connectivity index is 1.88. The number of H-pyrrole nitrogens is 1. The van der Waals surface area contributed by atoms with Crippen LogP contribution in [0, 0.1) is 0 Å². The smallest absolute Gasteiger partial charge is 0.305 e. The van der Waals surface area contributed by atoms with E-state index in [4.69, 9.17) is 0 Å². The van der Waals surface area contributed by atoms with Crippen molar-refractivity contribution in [1.29, 1.82) is 0 Å². The molecule has 0 aliphatic carbocycles. The SMILES string of the molecule is COC(=O)CCCCCNC(=O)c1n[nH]c(=O)c2ccccc12. The number of hydrogen-bond acceptors (Lipinski definition) is 5. The molecule has 2 rings (SSSR count). The molecule has 7 heteroatoms. The molecule has 23 heavy (non-hydrogen) atoms. The number of methoxy groups -OCH3 is 1. The number of hydrogen-bond donors (Lipinski definition) is 2. The quantitative estimate of drug-likeness (QED) is 0.593. The van der Waals surface area contributed by atoms with E-state index in [1.807, 2.05) is 0 Å². The highest BCUT2D eigenvalue weighted by Gasteiger charge is 2.13. The molecule has 2 N–H and O–H groups in total. The van der Waals surface area contributed by atoms with Gasteiger partial charge in [0.25, 0.3) is 11.5 Å². The number of unbranched alkanes of at least 4 members (excludes halogenated alkanes) is 2. The summed E-state index contributed by atoms with van der Waals surface area (Å²) in [5.41, 5.74) is -0.116. The second-order valence-electron chi connectivity index (χ2n) is 5.09. The summed E-state index contributed by atoms with van der Waals surface area (Å²) in [4.78, 5) is 34.8. The van der Waals surface area contributed by atoms with Gasteiger partial charge < -0.3 is 10.1 Å². The lowest BCUT2D eigenvalue weighted by atomic mass is 10.1. The molecule has 0 aliphatic heterocycles. The minimum absolute atomic E-state index is 0.203. The molecule has 0 saturated heterocycles. The lowest BCUT2D eigenvalue weighted by molar-refractivity contribution is -0.140. The second kappa shape index (κ2) is 8.07. The highest BCUT2D eigenvalue weighted by molar-refractivity contribution is 6.04. The standard InChI is InChI=1S/C16H19N3O4/c1-23-13(20)9-3-2-6-10-17-16(22)14-11-7-4-5-8-12(11)15(21)19-18-14/h4-5,7-8H,2-3,6,9-10H2,1H3,(H,17,22)(H,19,21). The zero-order valence-corrected chi connectivity index (χ0v) is 12.9. The van der Waals surface area contributed by atoms with Gasteiger partial charge in [-0.2, -0.15) is 5.10 Å². The van der Waals surface area contributed by atoms with Crippen LogP contribution in [-0.4, -0.2) is 35.7 Å². The van der Waals surface area contributed by atoms with Crippen LogP contribution >= 0.6 is 0 Å². The number of benzene rings is 1. The maximum atomic E-state index is 12.2. The first-order valence-electron chi connectivity index (χ1n) is 7.46. The maximum Gasteiger partial charge on any atom is 0.305 e. The summed E-state index contributed by atoms with van der Waals surface area (Å²) in [6.45, 7) is 0.481. The number of aromatic amines is 1. The molecule has 1 aromatic heterocycles. The number of ether oxygens (including phenoxy) is 1. The van der Waals surface area contributed by atoms with E-state index in [2.05, 4.69) is 20.3 Å². The molecule has 0 aliphatic rings. The minimum Gasteiger partial charge on any atom is -0.469 e. The van der Waals surface area contributed by atoms with Gasteiger partial charge in [-0.05, 0) is 18.9 Å². The van der Waals surface area contributed by atoms with Gasteiger partial charge in [0.2, 0.25) is 0 Å². The number of fused-ring (bicyclic) bond motifs is 1. The first kappa shape index (κ1) is 16.7. The highest BCUT2D eigenvalue weighted by atomic mass is 16.5. The monoisotopic (exact) mass is 317 g/mol. The van der Waals surface area contributed by atoms with E-state index < -0.39 is 0 Å². The molecule has 0 bridgehead atoms. The number of carbonyl (C=O) groups excluding carboxylic acids is 2. The van der Waals surface area contributed by atoms with Crippen molar-refractivity contribution in [1.82, 2.24) is 15.5 Å². The Bertz CT molecular complexity index is 754. The molecule has 1 aromatic carbocycles. The molecule has 0 atom stereocenters. The summed E-state index contributed by atoms with van der Waals surface area (Å²) in [7, 11) is 1.37. The van der Waals surface area contributed by atoms with E-state index in [-0.39, 0.29) is 23.1 Å². The molecule has 0 saturated carbocycles. The lowest BCUT2D eigenvalue weighted by Gasteiger charge is -2.06. The Morgan fingerprint density at radius 3 is 2.65 bits per heavy atom. The first-order valence-corrected chi connectivity index (χ1v) is 7.46. The molecule has 0 fully saturated rings. The van der Waals surface area contributed by atoms with Gasteiger partial charge in [0.1, 0.15) is 0 Å². The summed E-state index contributed by atoms with van der Waals surface area (Å²) < 4.78 is 4.56. The molecular weight excluding hydrogens is 298 g/mol. The summed E-state index contributed by atoms with van der Waals surface area (Å²) >= 11 is 0. The largest absolute Gasteiger partial charge is 0.469 e. The predicted molar refractivity (Wildman–Crippen MR) is 85.2 cm³/mol. The molecule has 2 aromatic rings. The van der Waals surface area contributed by atoms with Crippen molar-refractivity contribution in [3.63, 3.8) is 0 Å². The van der Waals surface area contributed by atoms with Crippen LogP contribution in [0.5, 0.6) is 0 Å². The van der Waals surface area contributed by atoms with E-state index in [1.165, 1.54) is 7.11 Å². The number of nitrogens with one attached hydrogen (secondary N) is 2. The maximum absolute atomic E-state index is 12.2. The van der Waals surface area contributed by atoms with Gasteiger partial charge in [0, 0.05) is 18.4 Å². The molecule has 122 valence electrons. The fraction of sp³-hybridized carbons (Fsp3) is 0.375. The van der Waals surface area contributed by atoms with Crippen LogP contribution in [0.2, 0.25) is 0 Å². The van der Waals surface area contributed by atoms with Crippen LogP contribution < -0.4 is 10.9 Å². The van der Waals surface area contributed by atoms with Crippen LogP contribution in [0.15, 0.2) is 29.1 Å². The molecule has 0 radical (unpaired) electrons. The number of nitrogens with zero attached hydrogens (tertiary/aromatic N) is 1. The van der Waals surface area contributed by atoms with E-state index in [0.29, 0.717) is 23.7 Å². The third kappa shape index (κ3) is 4.38. The Morgan fingerprint density at radius 2 is 1.91 bits per heavy atom. The third-order valence-corrected chi connectivity index (χ3v) is 3.48. The van der Waals surface area contributed by atoms with Gasteiger partial charge in [0.05, 0.1) is 12.5 Å². The average molecular weight is 317 g/mol. The molecule has 1 heterocycles. The van der Waals surface area contributed by atoms with Crippen LogP contribution in [0.1, 0.15) is 36.2 Å². The van der Waals surface area contributed by atoms with Crippen molar-refractivity contribution in [3.05, 3.63) is 40.3 Å². The van der Waals surface area contributed by atoms with E-state index in [0.717, 1.165) is 19.3 Å². The number of aromatic nitrogens is 2. The predicted octanol–water partition coefficient (Wildman–Crippen LogP) is 1.39. The summed E-state index contributed by atoms with van der Waals surface area (Å²) in [6, 6.07) is 6.84. The number of carbonyl (C=O) groups is 2. The van der Waals surface area contributed by atoms with E-state index in [9.17, 15) is 14.4 Å². The number of esters is 1. The highest BCUT2D eigenvalue weighted by Crippen LogP contribution is 2.12. The molecule has 7 nitrogen and oxygen atoms in total. The third-order valence-electron chi connectivity index (χ3n) is 3.48. The Labute approximate surface area is 133 Å². The molecule has 0 unspecified atom stereocenters. The van der Waals surface area contributed by atoms with Crippen molar-refractivity contribution in [2.45, 2.75) is 25.7 Å². The average Bonchev–Trinajstić information content (AvgIpc) is 2.58. The number of rotatable bonds is 7. The van der Waals surface area contributed by atoms with Gasteiger partial charge in [-0.1, -0.05) is 24.6 Å². The zero-order chi connectivity index (χ0) is 16.7. The van der Waals surface area contributed by atoms with Gasteiger partial charge >= 0.3 is 5.97 Å². The van der Waals surface area contributed by atoms with Gasteiger partial charge in [-0.15, -0.1) is 0 Å². The lowest BCUT2D eigenvalue weighted by Crippen LogP contribution is -2.27. The van der Waals surface area contributed by atoms with Crippen LogP contribution in [0.3, 0.4) is 0 Å². The van der Waals surface area contributed by atoms with Crippen molar-refractivity contribution in [2.24, 2.45) is 0 Å². The molecule has 1 amide bonds. The van der Waals surface area contributed by atoms with Gasteiger partial charge in [-0.3, -0.25) is 14.4 Å². The fourth-order valence-corrected chi connectivity index (χ4v) is 2.25. The number of amides is 1. The Kier molecular flexibility index (Phi) is 5.85. The van der Waals surface area contributed by atoms with Crippen LogP contribution in [0.4, 0.5) is 0 Å². The molecule has 0 spiro atoms. The summed E-state index contributed by atoms with van der Waals surface area (Å²) in [5, 5.41) is 9.92. The van der Waals surface area contributed by atoms with Crippen molar-refractivity contribution < 1.29 is 14.3 Å². The minimum atomic E-state index is -0.328. The fourth-order valence-electron chi connectivity index (χ4n) is 2.25. The van der Waals surface area contributed by atoms with Crippen molar-refractivity contribution >= 4 is 22.6 Å². The topological polar surface area (TPSA) is 101 Å². The van der Waals surface area contributed by atoms with Gasteiger partial charge in [0.15, 0.2) is 5.69 Å². The first-order chi connectivity index (χ1) is 11.1.